The summed E-state index contributed by atoms with van der Waals surface area (Å²) in [6, 6.07) is 0.474. The number of nitrogens with zero attached hydrogens (tertiary/aromatic N) is 2. The Morgan fingerprint density at radius 3 is 2.42 bits per heavy atom. The van der Waals surface area contributed by atoms with Crippen LogP contribution >= 0.6 is 0 Å². The van der Waals surface area contributed by atoms with E-state index >= 15 is 0 Å². The Labute approximate surface area is 116 Å². The highest BCUT2D eigenvalue weighted by Crippen LogP contribution is 2.18. The normalized spacial score (nSPS) is 21.8. The SMILES string of the molecule is CC(C)OCCN1CCN(CC(=O)NC2CC2)CC1. The van der Waals surface area contributed by atoms with Gasteiger partial charge >= 0.3 is 0 Å². The first-order valence-corrected chi connectivity index (χ1v) is 7.49. The van der Waals surface area contributed by atoms with Gasteiger partial charge in [-0.2, -0.15) is 0 Å². The van der Waals surface area contributed by atoms with Crippen molar-refractivity contribution in [2.45, 2.75) is 38.8 Å². The molecule has 2 aliphatic rings. The van der Waals surface area contributed by atoms with E-state index in [-0.39, 0.29) is 5.91 Å². The molecule has 0 aromatic heterocycles. The van der Waals surface area contributed by atoms with Crippen molar-refractivity contribution in [3.05, 3.63) is 0 Å². The molecule has 1 saturated carbocycles. The summed E-state index contributed by atoms with van der Waals surface area (Å²) in [4.78, 5) is 16.4. The maximum atomic E-state index is 11.7. The molecule has 1 heterocycles. The summed E-state index contributed by atoms with van der Waals surface area (Å²) in [5, 5.41) is 3.04. The number of rotatable bonds is 7. The minimum Gasteiger partial charge on any atom is -0.377 e. The number of carbonyl (C=O) groups excluding carboxylic acids is 1. The number of nitrogens with one attached hydrogen (secondary N) is 1. The van der Waals surface area contributed by atoms with Crippen molar-refractivity contribution < 1.29 is 9.53 Å². The van der Waals surface area contributed by atoms with Gasteiger partial charge in [-0.15, -0.1) is 0 Å². The fourth-order valence-electron chi connectivity index (χ4n) is 2.29. The molecule has 2 rings (SSSR count). The second-order valence-electron chi connectivity index (χ2n) is 5.88. The molecule has 0 spiro atoms. The zero-order valence-corrected chi connectivity index (χ0v) is 12.2. The Morgan fingerprint density at radius 2 is 1.84 bits per heavy atom. The zero-order valence-electron chi connectivity index (χ0n) is 12.2. The van der Waals surface area contributed by atoms with Crippen LogP contribution in [-0.4, -0.2) is 73.7 Å². The lowest BCUT2D eigenvalue weighted by Gasteiger charge is -2.34. The van der Waals surface area contributed by atoms with Crippen molar-refractivity contribution >= 4 is 5.91 Å². The Hall–Kier alpha value is -0.650. The van der Waals surface area contributed by atoms with E-state index in [1.54, 1.807) is 0 Å². The minimum absolute atomic E-state index is 0.194. The smallest absolute Gasteiger partial charge is 0.234 e. The predicted octanol–water partition coefficient (Wildman–Crippen LogP) is 0.308. The van der Waals surface area contributed by atoms with Gasteiger partial charge < -0.3 is 10.1 Å². The van der Waals surface area contributed by atoms with Gasteiger partial charge in [0.25, 0.3) is 0 Å². The lowest BCUT2D eigenvalue weighted by Crippen LogP contribution is -2.50. The molecule has 5 nitrogen and oxygen atoms in total. The van der Waals surface area contributed by atoms with E-state index < -0.39 is 0 Å². The third-order valence-corrected chi connectivity index (χ3v) is 3.63. The second kappa shape index (κ2) is 7.22. The molecule has 0 aromatic rings. The highest BCUT2D eigenvalue weighted by molar-refractivity contribution is 5.78. The standard InChI is InChI=1S/C14H27N3O2/c1-12(2)19-10-9-16-5-7-17(8-6-16)11-14(18)15-13-3-4-13/h12-13H,3-11H2,1-2H3,(H,15,18). The molecule has 2 fully saturated rings. The summed E-state index contributed by atoms with van der Waals surface area (Å²) in [6.07, 6.45) is 2.64. The van der Waals surface area contributed by atoms with Crippen LogP contribution in [0.25, 0.3) is 0 Å². The summed E-state index contributed by atoms with van der Waals surface area (Å²) in [5.41, 5.74) is 0. The molecule has 1 aliphatic heterocycles. The van der Waals surface area contributed by atoms with Crippen molar-refractivity contribution in [1.29, 1.82) is 0 Å². The van der Waals surface area contributed by atoms with Crippen LogP contribution < -0.4 is 5.32 Å². The van der Waals surface area contributed by atoms with E-state index in [0.717, 1.165) is 52.2 Å². The third-order valence-electron chi connectivity index (χ3n) is 3.63. The molecule has 1 saturated heterocycles. The first kappa shape index (κ1) is 14.8. The number of piperazine rings is 1. The number of ether oxygens (including phenoxy) is 1. The fourth-order valence-corrected chi connectivity index (χ4v) is 2.29. The lowest BCUT2D eigenvalue weighted by molar-refractivity contribution is -0.122. The molecule has 19 heavy (non-hydrogen) atoms. The lowest BCUT2D eigenvalue weighted by atomic mass is 10.3. The van der Waals surface area contributed by atoms with Crippen molar-refractivity contribution in [1.82, 2.24) is 15.1 Å². The molecular weight excluding hydrogens is 242 g/mol. The molecule has 1 aliphatic carbocycles. The summed E-state index contributed by atoms with van der Waals surface area (Å²) in [7, 11) is 0. The fraction of sp³-hybridized carbons (Fsp3) is 0.929. The molecule has 0 aromatic carbocycles. The predicted molar refractivity (Wildman–Crippen MR) is 75.1 cm³/mol. The Balaban J connectivity index is 1.55. The van der Waals surface area contributed by atoms with Crippen molar-refractivity contribution in [3.8, 4) is 0 Å². The topological polar surface area (TPSA) is 44.8 Å². The van der Waals surface area contributed by atoms with Crippen LogP contribution in [0.4, 0.5) is 0 Å². The molecule has 0 radical (unpaired) electrons. The van der Waals surface area contributed by atoms with Gasteiger partial charge in [0, 0.05) is 38.8 Å². The van der Waals surface area contributed by atoms with Crippen LogP contribution in [0.1, 0.15) is 26.7 Å². The highest BCUT2D eigenvalue weighted by Gasteiger charge is 2.25. The quantitative estimate of drug-likeness (QED) is 0.722. The Morgan fingerprint density at radius 1 is 1.21 bits per heavy atom. The van der Waals surface area contributed by atoms with Gasteiger partial charge in [0.2, 0.25) is 5.91 Å². The van der Waals surface area contributed by atoms with Gasteiger partial charge in [-0.25, -0.2) is 0 Å². The van der Waals surface area contributed by atoms with E-state index in [9.17, 15) is 4.79 Å². The molecule has 0 unspecified atom stereocenters. The molecule has 0 bridgehead atoms. The van der Waals surface area contributed by atoms with Crippen LogP contribution in [0.5, 0.6) is 0 Å². The van der Waals surface area contributed by atoms with E-state index in [4.69, 9.17) is 4.74 Å². The van der Waals surface area contributed by atoms with Gasteiger partial charge in [-0.1, -0.05) is 0 Å². The summed E-state index contributed by atoms with van der Waals surface area (Å²) in [6.45, 7) is 10.6. The first-order valence-electron chi connectivity index (χ1n) is 7.49. The van der Waals surface area contributed by atoms with E-state index in [1.165, 1.54) is 0 Å². The van der Waals surface area contributed by atoms with Crippen molar-refractivity contribution in [2.24, 2.45) is 0 Å². The Bertz CT molecular complexity index is 284. The highest BCUT2D eigenvalue weighted by atomic mass is 16.5. The number of hydrogen-bond acceptors (Lipinski definition) is 4. The van der Waals surface area contributed by atoms with E-state index in [1.807, 2.05) is 0 Å². The summed E-state index contributed by atoms with van der Waals surface area (Å²) in [5.74, 6) is 0.194. The minimum atomic E-state index is 0.194. The van der Waals surface area contributed by atoms with Crippen LogP contribution in [0, 0.1) is 0 Å². The summed E-state index contributed by atoms with van der Waals surface area (Å²) < 4.78 is 5.57. The Kier molecular flexibility index (Phi) is 5.60. The second-order valence-corrected chi connectivity index (χ2v) is 5.88. The maximum Gasteiger partial charge on any atom is 0.234 e. The van der Waals surface area contributed by atoms with Crippen molar-refractivity contribution in [2.75, 3.05) is 45.9 Å². The van der Waals surface area contributed by atoms with Crippen LogP contribution in [0.15, 0.2) is 0 Å². The van der Waals surface area contributed by atoms with Gasteiger partial charge in [0.15, 0.2) is 0 Å². The monoisotopic (exact) mass is 269 g/mol. The molecular formula is C14H27N3O2. The van der Waals surface area contributed by atoms with E-state index in [0.29, 0.717) is 18.7 Å². The van der Waals surface area contributed by atoms with Gasteiger partial charge in [0.05, 0.1) is 19.3 Å². The molecule has 110 valence electrons. The molecule has 1 amide bonds. The largest absolute Gasteiger partial charge is 0.377 e. The summed E-state index contributed by atoms with van der Waals surface area (Å²) >= 11 is 0. The van der Waals surface area contributed by atoms with Gasteiger partial charge in [0.1, 0.15) is 0 Å². The molecule has 0 atom stereocenters. The third kappa shape index (κ3) is 5.89. The average molecular weight is 269 g/mol. The zero-order chi connectivity index (χ0) is 13.7. The van der Waals surface area contributed by atoms with E-state index in [2.05, 4.69) is 29.0 Å². The van der Waals surface area contributed by atoms with Crippen LogP contribution in [-0.2, 0) is 9.53 Å². The first-order chi connectivity index (χ1) is 9.13. The average Bonchev–Trinajstić information content (AvgIpc) is 3.14. The number of carbonyl (C=O) groups is 1. The molecule has 1 N–H and O–H groups in total. The number of hydrogen-bond donors (Lipinski definition) is 1. The van der Waals surface area contributed by atoms with Crippen molar-refractivity contribution in [3.63, 3.8) is 0 Å². The van der Waals surface area contributed by atoms with Crippen LogP contribution in [0.2, 0.25) is 0 Å². The van der Waals surface area contributed by atoms with Gasteiger partial charge in [-0.05, 0) is 26.7 Å². The number of amides is 1. The maximum absolute atomic E-state index is 11.7. The molecule has 5 heteroatoms. The van der Waals surface area contributed by atoms with Crippen LogP contribution in [0.3, 0.4) is 0 Å². The van der Waals surface area contributed by atoms with Gasteiger partial charge in [-0.3, -0.25) is 14.6 Å².